The number of benzene rings is 1. The molecule has 0 radical (unpaired) electrons. The molecule has 4 aromatic rings. The van der Waals surface area contributed by atoms with Gasteiger partial charge in [0.1, 0.15) is 23.5 Å². The van der Waals surface area contributed by atoms with Crippen LogP contribution in [0, 0.1) is 0 Å². The summed E-state index contributed by atoms with van der Waals surface area (Å²) in [7, 11) is 0. The number of ether oxygens (including phenoxy) is 1. The Morgan fingerprint density at radius 3 is 2.69 bits per heavy atom. The number of H-pyrrole nitrogens is 1. The van der Waals surface area contributed by atoms with Crippen LogP contribution in [-0.2, 0) is 11.3 Å². The van der Waals surface area contributed by atoms with Crippen LogP contribution in [-0.4, -0.2) is 75.2 Å². The van der Waals surface area contributed by atoms with E-state index in [1.807, 2.05) is 36.4 Å². The molecule has 10 heteroatoms. The van der Waals surface area contributed by atoms with E-state index >= 15 is 0 Å². The Hall–Kier alpha value is -3.86. The average molecular weight is 567 g/mol. The van der Waals surface area contributed by atoms with E-state index in [0.717, 1.165) is 98.7 Å². The lowest BCUT2D eigenvalue weighted by atomic mass is 9.88. The van der Waals surface area contributed by atoms with E-state index in [9.17, 15) is 4.79 Å². The highest BCUT2D eigenvalue weighted by atomic mass is 16.5. The van der Waals surface area contributed by atoms with Gasteiger partial charge in [-0.2, -0.15) is 0 Å². The maximum absolute atomic E-state index is 13.0. The zero-order valence-electron chi connectivity index (χ0n) is 23.9. The largest absolute Gasteiger partial charge is 0.375 e. The number of nitrogens with two attached hydrogens (primary N) is 1. The fraction of sp³-hybridized carbons (Fsp3) is 0.438. The van der Waals surface area contributed by atoms with Gasteiger partial charge in [0, 0.05) is 56.4 Å². The van der Waals surface area contributed by atoms with Crippen molar-refractivity contribution in [3.63, 3.8) is 0 Å². The number of rotatable bonds is 6. The van der Waals surface area contributed by atoms with E-state index in [2.05, 4.69) is 41.1 Å². The number of likely N-dealkylation sites (tertiary alicyclic amines) is 1. The van der Waals surface area contributed by atoms with Gasteiger partial charge >= 0.3 is 0 Å². The summed E-state index contributed by atoms with van der Waals surface area (Å²) >= 11 is 0. The van der Waals surface area contributed by atoms with Crippen LogP contribution in [0.4, 0.5) is 11.5 Å². The van der Waals surface area contributed by atoms with E-state index < -0.39 is 0 Å². The number of aromatic amines is 1. The number of hydrogen-bond acceptors (Lipinski definition) is 8. The molecular weight excluding hydrogens is 528 g/mol. The number of amides is 1. The number of carbonyl (C=O) groups excluding carboxylic acids is 1. The first-order valence-electron chi connectivity index (χ1n) is 15.1. The molecule has 0 bridgehead atoms. The smallest absolute Gasteiger partial charge is 0.274 e. The molecule has 4 N–H and O–H groups in total. The fourth-order valence-electron chi connectivity index (χ4n) is 6.73. The molecular formula is C32H38N8O2. The monoisotopic (exact) mass is 566 g/mol. The maximum atomic E-state index is 13.0. The predicted molar refractivity (Wildman–Crippen MR) is 163 cm³/mol. The van der Waals surface area contributed by atoms with Gasteiger partial charge in [-0.1, -0.05) is 12.1 Å². The van der Waals surface area contributed by atoms with Gasteiger partial charge in [0.15, 0.2) is 0 Å². The fourth-order valence-corrected chi connectivity index (χ4v) is 6.73. The molecule has 0 saturated carbocycles. The van der Waals surface area contributed by atoms with Crippen molar-refractivity contribution in [3.8, 4) is 11.3 Å². The molecule has 10 nitrogen and oxygen atoms in total. The summed E-state index contributed by atoms with van der Waals surface area (Å²) in [5, 5.41) is 4.01. The van der Waals surface area contributed by atoms with Crippen LogP contribution in [0.3, 0.4) is 0 Å². The van der Waals surface area contributed by atoms with Gasteiger partial charge in [-0.3, -0.25) is 14.7 Å². The second kappa shape index (κ2) is 11.4. The van der Waals surface area contributed by atoms with Gasteiger partial charge in [-0.05, 0) is 86.5 Å². The third-order valence-corrected chi connectivity index (χ3v) is 9.02. The Morgan fingerprint density at radius 2 is 1.90 bits per heavy atom. The van der Waals surface area contributed by atoms with Crippen LogP contribution in [0.25, 0.3) is 22.3 Å². The topological polar surface area (TPSA) is 125 Å². The van der Waals surface area contributed by atoms with Gasteiger partial charge < -0.3 is 25.7 Å². The Balaban J connectivity index is 1.02. The maximum Gasteiger partial charge on any atom is 0.274 e. The lowest BCUT2D eigenvalue weighted by molar-refractivity contribution is -0.0146. The summed E-state index contributed by atoms with van der Waals surface area (Å²) in [5.41, 5.74) is 11.2. The first-order valence-corrected chi connectivity index (χ1v) is 15.1. The molecule has 218 valence electrons. The average Bonchev–Trinajstić information content (AvgIpc) is 3.66. The third-order valence-electron chi connectivity index (χ3n) is 9.02. The molecule has 1 spiro atoms. The molecule has 1 atom stereocenters. The number of hydrogen-bond donors (Lipinski definition) is 3. The number of fused-ring (bicyclic) bond motifs is 1. The summed E-state index contributed by atoms with van der Waals surface area (Å²) < 4.78 is 6.11. The molecule has 1 aromatic carbocycles. The number of carbonyl (C=O) groups is 1. The molecule has 3 fully saturated rings. The van der Waals surface area contributed by atoms with Crippen LogP contribution in [0.1, 0.15) is 54.6 Å². The van der Waals surface area contributed by atoms with Gasteiger partial charge in [0.25, 0.3) is 5.91 Å². The third kappa shape index (κ3) is 5.62. The second-order valence-corrected chi connectivity index (χ2v) is 12.0. The Labute approximate surface area is 245 Å². The molecule has 7 rings (SSSR count). The van der Waals surface area contributed by atoms with Crippen LogP contribution in [0.5, 0.6) is 0 Å². The molecule has 3 saturated heterocycles. The van der Waals surface area contributed by atoms with E-state index in [4.69, 9.17) is 10.5 Å². The normalized spacial score (nSPS) is 20.8. The molecule has 42 heavy (non-hydrogen) atoms. The second-order valence-electron chi connectivity index (χ2n) is 12.0. The van der Waals surface area contributed by atoms with Crippen molar-refractivity contribution in [3.05, 3.63) is 66.2 Å². The molecule has 3 aliphatic rings. The lowest BCUT2D eigenvalue weighted by Gasteiger charge is -2.39. The SMILES string of the molecule is N[C@@H]1CCCN(Cc2ccnc(C(=O)Nc3ccc(-c4cc5c(N6CCC7(CCCO7)CC6)ncnc5[nH]4)cc3)c2)C1. The van der Waals surface area contributed by atoms with Crippen molar-refractivity contribution in [2.24, 2.45) is 5.73 Å². The zero-order chi connectivity index (χ0) is 28.5. The number of pyridine rings is 1. The summed E-state index contributed by atoms with van der Waals surface area (Å²) in [4.78, 5) is 34.6. The number of aromatic nitrogens is 4. The predicted octanol–water partition coefficient (Wildman–Crippen LogP) is 4.34. The minimum atomic E-state index is -0.225. The van der Waals surface area contributed by atoms with E-state index in [-0.39, 0.29) is 17.6 Å². The van der Waals surface area contributed by atoms with Gasteiger partial charge in [-0.15, -0.1) is 0 Å². The summed E-state index contributed by atoms with van der Waals surface area (Å²) in [6, 6.07) is 14.0. The van der Waals surface area contributed by atoms with Gasteiger partial charge in [0.05, 0.1) is 11.0 Å². The van der Waals surface area contributed by atoms with Crippen molar-refractivity contribution < 1.29 is 9.53 Å². The molecule has 1 amide bonds. The lowest BCUT2D eigenvalue weighted by Crippen LogP contribution is -2.44. The standard InChI is InChI=1S/C32H38N8O2/c33-24-3-1-13-39(20-24)19-22-8-12-34-28(17-22)31(41)37-25-6-4-23(5-7-25)27-18-26-29(38-27)35-21-36-30(26)40-14-10-32(11-15-40)9-2-16-42-32/h4-8,12,17-18,21,24H,1-3,9-11,13-16,19-20,33H2,(H,37,41)(H,35,36,38)/t24-/m1/s1. The highest BCUT2D eigenvalue weighted by Crippen LogP contribution is 2.38. The van der Waals surface area contributed by atoms with E-state index in [1.165, 1.54) is 12.8 Å². The number of nitrogens with zero attached hydrogens (tertiary/aromatic N) is 5. The number of piperidine rings is 2. The van der Waals surface area contributed by atoms with E-state index in [1.54, 1.807) is 12.5 Å². The molecule has 6 heterocycles. The Kier molecular flexibility index (Phi) is 7.35. The number of nitrogens with one attached hydrogen (secondary N) is 2. The van der Waals surface area contributed by atoms with Crippen LogP contribution in [0.2, 0.25) is 0 Å². The van der Waals surface area contributed by atoms with Gasteiger partial charge in [0.2, 0.25) is 0 Å². The minimum absolute atomic E-state index is 0.0731. The van der Waals surface area contributed by atoms with Crippen LogP contribution >= 0.6 is 0 Å². The highest BCUT2D eigenvalue weighted by Gasteiger charge is 2.38. The Morgan fingerprint density at radius 1 is 1.05 bits per heavy atom. The van der Waals surface area contributed by atoms with Crippen molar-refractivity contribution in [2.45, 2.75) is 56.7 Å². The van der Waals surface area contributed by atoms with E-state index in [0.29, 0.717) is 11.4 Å². The molecule has 0 aliphatic carbocycles. The highest BCUT2D eigenvalue weighted by molar-refractivity contribution is 6.03. The molecule has 0 unspecified atom stereocenters. The first-order chi connectivity index (χ1) is 20.5. The zero-order valence-corrected chi connectivity index (χ0v) is 23.9. The molecule has 3 aliphatic heterocycles. The van der Waals surface area contributed by atoms with Crippen molar-refractivity contribution in [1.29, 1.82) is 0 Å². The number of anilines is 2. The van der Waals surface area contributed by atoms with Crippen molar-refractivity contribution in [1.82, 2.24) is 24.8 Å². The first kappa shape index (κ1) is 27.0. The van der Waals surface area contributed by atoms with Gasteiger partial charge in [-0.25, -0.2) is 9.97 Å². The van der Waals surface area contributed by atoms with Crippen LogP contribution in [0.15, 0.2) is 55.0 Å². The summed E-state index contributed by atoms with van der Waals surface area (Å²) in [6.07, 6.45) is 9.93. The van der Waals surface area contributed by atoms with Crippen molar-refractivity contribution in [2.75, 3.05) is 43.0 Å². The summed E-state index contributed by atoms with van der Waals surface area (Å²) in [5.74, 6) is 0.744. The van der Waals surface area contributed by atoms with Crippen LogP contribution < -0.4 is 16.0 Å². The quantitative estimate of drug-likeness (QED) is 0.315. The van der Waals surface area contributed by atoms with Crippen molar-refractivity contribution >= 4 is 28.4 Å². The Bertz CT molecular complexity index is 1550. The summed E-state index contributed by atoms with van der Waals surface area (Å²) in [6.45, 7) is 5.45. The molecule has 3 aromatic heterocycles. The minimum Gasteiger partial charge on any atom is -0.375 e.